The van der Waals surface area contributed by atoms with E-state index in [2.05, 4.69) is 35.8 Å². The van der Waals surface area contributed by atoms with E-state index in [1.54, 1.807) is 7.11 Å². The van der Waals surface area contributed by atoms with Crippen LogP contribution in [0, 0.1) is 0 Å². The lowest BCUT2D eigenvalue weighted by molar-refractivity contribution is -0.0727. The molecule has 1 aromatic carbocycles. The van der Waals surface area contributed by atoms with Crippen LogP contribution in [-0.2, 0) is 10.2 Å². The quantitative estimate of drug-likeness (QED) is 0.929. The highest BCUT2D eigenvalue weighted by atomic mass is 79.9. The molecule has 4 heteroatoms. The van der Waals surface area contributed by atoms with Gasteiger partial charge in [-0.3, -0.25) is 0 Å². The Morgan fingerprint density at radius 2 is 2.11 bits per heavy atom. The normalized spacial score (nSPS) is 18.3. The van der Waals surface area contributed by atoms with Crippen LogP contribution in [0.25, 0.3) is 0 Å². The molecule has 1 aliphatic rings. The van der Waals surface area contributed by atoms with Gasteiger partial charge in [0, 0.05) is 21.0 Å². The average molecular weight is 314 g/mol. The van der Waals surface area contributed by atoms with Crippen molar-refractivity contribution in [3.8, 4) is 5.75 Å². The van der Waals surface area contributed by atoms with Crippen molar-refractivity contribution in [2.75, 3.05) is 20.3 Å². The van der Waals surface area contributed by atoms with Gasteiger partial charge in [0.05, 0.1) is 20.3 Å². The molecule has 1 aliphatic heterocycles. The smallest absolute Gasteiger partial charge is 0.122 e. The fourth-order valence-electron chi connectivity index (χ4n) is 2.67. The molecular formula is C14H20BrNO2. The number of ether oxygens (including phenoxy) is 2. The Kier molecular flexibility index (Phi) is 3.72. The Morgan fingerprint density at radius 1 is 1.44 bits per heavy atom. The molecule has 0 unspecified atom stereocenters. The summed E-state index contributed by atoms with van der Waals surface area (Å²) in [5, 5.41) is 0. The summed E-state index contributed by atoms with van der Waals surface area (Å²) in [7, 11) is 1.70. The predicted molar refractivity (Wildman–Crippen MR) is 76.1 cm³/mol. The summed E-state index contributed by atoms with van der Waals surface area (Å²) in [4.78, 5) is 0. The van der Waals surface area contributed by atoms with Crippen LogP contribution < -0.4 is 10.5 Å². The molecule has 3 nitrogen and oxygen atoms in total. The first-order chi connectivity index (χ1) is 8.36. The predicted octanol–water partition coefficient (Wildman–Crippen LogP) is 2.85. The summed E-state index contributed by atoms with van der Waals surface area (Å²) < 4.78 is 12.0. The maximum absolute atomic E-state index is 6.19. The monoisotopic (exact) mass is 313 g/mol. The molecule has 0 amide bonds. The van der Waals surface area contributed by atoms with E-state index >= 15 is 0 Å². The maximum atomic E-state index is 6.19. The van der Waals surface area contributed by atoms with E-state index in [-0.39, 0.29) is 11.0 Å². The number of benzene rings is 1. The highest BCUT2D eigenvalue weighted by molar-refractivity contribution is 9.10. The van der Waals surface area contributed by atoms with Crippen LogP contribution in [-0.4, -0.2) is 25.9 Å². The van der Waals surface area contributed by atoms with Crippen molar-refractivity contribution < 1.29 is 9.47 Å². The van der Waals surface area contributed by atoms with Crippen molar-refractivity contribution in [2.45, 2.75) is 31.2 Å². The van der Waals surface area contributed by atoms with Crippen molar-refractivity contribution in [2.24, 2.45) is 5.73 Å². The van der Waals surface area contributed by atoms with Crippen molar-refractivity contribution in [3.05, 3.63) is 28.2 Å². The molecule has 0 aliphatic carbocycles. The van der Waals surface area contributed by atoms with E-state index in [0.29, 0.717) is 13.2 Å². The molecular weight excluding hydrogens is 294 g/mol. The third kappa shape index (κ3) is 2.71. The molecule has 0 spiro atoms. The Morgan fingerprint density at radius 3 is 2.56 bits per heavy atom. The van der Waals surface area contributed by atoms with Gasteiger partial charge < -0.3 is 15.2 Å². The summed E-state index contributed by atoms with van der Waals surface area (Å²) in [5.41, 5.74) is 7.13. The number of rotatable bonds is 4. The minimum absolute atomic E-state index is 0.0205. The minimum Gasteiger partial charge on any atom is -0.496 e. The van der Waals surface area contributed by atoms with Crippen LogP contribution in [0.15, 0.2) is 22.7 Å². The van der Waals surface area contributed by atoms with Crippen molar-refractivity contribution >= 4 is 15.9 Å². The van der Waals surface area contributed by atoms with Gasteiger partial charge in [-0.05, 0) is 38.5 Å². The first kappa shape index (κ1) is 13.8. The third-order valence-electron chi connectivity index (χ3n) is 3.28. The maximum Gasteiger partial charge on any atom is 0.122 e. The topological polar surface area (TPSA) is 44.5 Å². The van der Waals surface area contributed by atoms with E-state index in [1.165, 1.54) is 5.56 Å². The van der Waals surface area contributed by atoms with Crippen LogP contribution in [0.5, 0.6) is 5.75 Å². The van der Waals surface area contributed by atoms with Gasteiger partial charge >= 0.3 is 0 Å². The molecule has 1 heterocycles. The van der Waals surface area contributed by atoms with E-state index in [1.807, 2.05) is 12.1 Å². The van der Waals surface area contributed by atoms with Gasteiger partial charge in [-0.1, -0.05) is 15.9 Å². The van der Waals surface area contributed by atoms with Gasteiger partial charge in [0.2, 0.25) is 0 Å². The third-order valence-corrected chi connectivity index (χ3v) is 3.78. The second kappa shape index (κ2) is 4.83. The lowest BCUT2D eigenvalue weighted by Crippen LogP contribution is -2.53. The lowest BCUT2D eigenvalue weighted by atomic mass is 9.70. The van der Waals surface area contributed by atoms with Gasteiger partial charge in [-0.15, -0.1) is 0 Å². The average Bonchev–Trinajstić information content (AvgIpc) is 2.22. The lowest BCUT2D eigenvalue weighted by Gasteiger charge is -2.46. The van der Waals surface area contributed by atoms with E-state index < -0.39 is 0 Å². The van der Waals surface area contributed by atoms with Gasteiger partial charge in [0.25, 0.3) is 0 Å². The summed E-state index contributed by atoms with van der Waals surface area (Å²) in [6.45, 7) is 5.52. The Labute approximate surface area is 117 Å². The highest BCUT2D eigenvalue weighted by Gasteiger charge is 2.45. The SMILES string of the molecule is COc1ccc(Br)cc1C1(CC(C)(C)N)COC1. The van der Waals surface area contributed by atoms with E-state index in [4.69, 9.17) is 15.2 Å². The second-order valence-electron chi connectivity index (χ2n) is 5.78. The Hall–Kier alpha value is -0.580. The number of methoxy groups -OCH3 is 1. The fourth-order valence-corrected chi connectivity index (χ4v) is 3.03. The zero-order chi connectivity index (χ0) is 13.4. The molecule has 2 rings (SSSR count). The van der Waals surface area contributed by atoms with Crippen LogP contribution in [0.4, 0.5) is 0 Å². The molecule has 0 aromatic heterocycles. The first-order valence-electron chi connectivity index (χ1n) is 6.07. The van der Waals surface area contributed by atoms with Crippen LogP contribution in [0.1, 0.15) is 25.8 Å². The van der Waals surface area contributed by atoms with Crippen molar-refractivity contribution in [1.29, 1.82) is 0 Å². The molecule has 1 saturated heterocycles. The number of hydrogen-bond acceptors (Lipinski definition) is 3. The van der Waals surface area contributed by atoms with Gasteiger partial charge in [0.15, 0.2) is 0 Å². The highest BCUT2D eigenvalue weighted by Crippen LogP contribution is 2.43. The molecule has 0 atom stereocenters. The van der Waals surface area contributed by atoms with E-state index in [0.717, 1.165) is 16.6 Å². The molecule has 0 saturated carbocycles. The summed E-state index contributed by atoms with van der Waals surface area (Å²) in [6.07, 6.45) is 0.882. The summed E-state index contributed by atoms with van der Waals surface area (Å²) >= 11 is 3.52. The van der Waals surface area contributed by atoms with Crippen LogP contribution in [0.2, 0.25) is 0 Å². The zero-order valence-corrected chi connectivity index (χ0v) is 12.7. The van der Waals surface area contributed by atoms with Crippen molar-refractivity contribution in [3.63, 3.8) is 0 Å². The van der Waals surface area contributed by atoms with Gasteiger partial charge in [-0.25, -0.2) is 0 Å². The molecule has 0 bridgehead atoms. The number of nitrogens with two attached hydrogens (primary N) is 1. The molecule has 100 valence electrons. The second-order valence-corrected chi connectivity index (χ2v) is 6.70. The van der Waals surface area contributed by atoms with Crippen molar-refractivity contribution in [1.82, 2.24) is 0 Å². The summed E-state index contributed by atoms with van der Waals surface area (Å²) in [5.74, 6) is 0.908. The standard InChI is InChI=1S/C14H20BrNO2/c1-13(2,16)7-14(8-18-9-14)11-6-10(15)4-5-12(11)17-3/h4-6H,7-9,16H2,1-3H3. The van der Waals surface area contributed by atoms with Crippen LogP contribution in [0.3, 0.4) is 0 Å². The van der Waals surface area contributed by atoms with Crippen LogP contribution >= 0.6 is 15.9 Å². The molecule has 1 aromatic rings. The minimum atomic E-state index is -0.225. The number of halogens is 1. The molecule has 0 radical (unpaired) electrons. The Balaban J connectivity index is 2.41. The van der Waals surface area contributed by atoms with Gasteiger partial charge in [0.1, 0.15) is 5.75 Å². The Bertz CT molecular complexity index is 436. The van der Waals surface area contributed by atoms with Gasteiger partial charge in [-0.2, -0.15) is 0 Å². The first-order valence-corrected chi connectivity index (χ1v) is 6.86. The van der Waals surface area contributed by atoms with E-state index in [9.17, 15) is 0 Å². The molecule has 2 N–H and O–H groups in total. The fraction of sp³-hybridized carbons (Fsp3) is 0.571. The summed E-state index contributed by atoms with van der Waals surface area (Å²) in [6, 6.07) is 6.10. The molecule has 1 fully saturated rings. The number of hydrogen-bond donors (Lipinski definition) is 1. The zero-order valence-electron chi connectivity index (χ0n) is 11.1. The molecule has 18 heavy (non-hydrogen) atoms. The largest absolute Gasteiger partial charge is 0.496 e.